The predicted octanol–water partition coefficient (Wildman–Crippen LogP) is 1.34. The summed E-state index contributed by atoms with van der Waals surface area (Å²) in [5.41, 5.74) is 1.61. The van der Waals surface area contributed by atoms with Crippen molar-refractivity contribution >= 4 is 11.8 Å². The number of nitrogens with one attached hydrogen (secondary N) is 3. The molecule has 2 amide bonds. The molecule has 1 saturated heterocycles. The molecule has 154 valence electrons. The van der Waals surface area contributed by atoms with Crippen molar-refractivity contribution in [2.45, 2.75) is 6.42 Å². The average Bonchev–Trinajstić information content (AvgIpc) is 3.10. The lowest BCUT2D eigenvalue weighted by molar-refractivity contribution is -0.124. The van der Waals surface area contributed by atoms with E-state index < -0.39 is 17.5 Å². The van der Waals surface area contributed by atoms with Crippen LogP contribution in [-0.4, -0.2) is 51.5 Å². The van der Waals surface area contributed by atoms with Crippen LogP contribution in [-0.2, 0) is 11.2 Å². The molecule has 1 aliphatic heterocycles. The van der Waals surface area contributed by atoms with Gasteiger partial charge in [0.05, 0.1) is 5.92 Å². The molecule has 0 spiro atoms. The van der Waals surface area contributed by atoms with E-state index in [1.54, 1.807) is 18.2 Å². The van der Waals surface area contributed by atoms with Gasteiger partial charge in [0, 0.05) is 25.2 Å². The third-order valence-electron chi connectivity index (χ3n) is 5.10. The molecule has 30 heavy (non-hydrogen) atoms. The molecular formula is C21H20FN5O3. The van der Waals surface area contributed by atoms with Crippen LogP contribution in [0.15, 0.2) is 53.3 Å². The molecule has 1 fully saturated rings. The number of H-pyrrole nitrogens is 2. The van der Waals surface area contributed by atoms with E-state index in [9.17, 15) is 18.8 Å². The Morgan fingerprint density at radius 1 is 1.13 bits per heavy atom. The fourth-order valence-corrected chi connectivity index (χ4v) is 3.56. The van der Waals surface area contributed by atoms with Crippen LogP contribution in [0.3, 0.4) is 0 Å². The lowest BCUT2D eigenvalue weighted by Gasteiger charge is -2.22. The van der Waals surface area contributed by atoms with Crippen LogP contribution in [0.5, 0.6) is 0 Å². The second kappa shape index (κ2) is 8.32. The maximum absolute atomic E-state index is 14.0. The molecule has 3 aromatic rings. The minimum Gasteiger partial charge on any atom is -0.354 e. The highest BCUT2D eigenvalue weighted by atomic mass is 19.1. The Hall–Kier alpha value is -3.75. The van der Waals surface area contributed by atoms with Gasteiger partial charge in [-0.3, -0.25) is 14.6 Å². The number of hydrogen-bond acceptors (Lipinski definition) is 4. The molecule has 1 aromatic heterocycles. The summed E-state index contributed by atoms with van der Waals surface area (Å²) < 4.78 is 14.0. The van der Waals surface area contributed by atoms with Gasteiger partial charge in [-0.2, -0.15) is 0 Å². The fourth-order valence-electron chi connectivity index (χ4n) is 3.56. The van der Waals surface area contributed by atoms with E-state index in [4.69, 9.17) is 0 Å². The highest BCUT2D eigenvalue weighted by Crippen LogP contribution is 2.24. The van der Waals surface area contributed by atoms with Gasteiger partial charge in [0.15, 0.2) is 0 Å². The van der Waals surface area contributed by atoms with Crippen LogP contribution in [0, 0.1) is 11.7 Å². The Morgan fingerprint density at radius 3 is 2.60 bits per heavy atom. The van der Waals surface area contributed by atoms with Crippen molar-refractivity contribution in [1.82, 2.24) is 25.4 Å². The first-order chi connectivity index (χ1) is 14.5. The summed E-state index contributed by atoms with van der Waals surface area (Å²) in [6.07, 6.45) is 0.421. The van der Waals surface area contributed by atoms with Gasteiger partial charge in [-0.15, -0.1) is 5.10 Å². The van der Waals surface area contributed by atoms with Crippen LogP contribution in [0.25, 0.3) is 11.1 Å². The van der Waals surface area contributed by atoms with Gasteiger partial charge in [-0.25, -0.2) is 14.3 Å². The number of amides is 2. The molecule has 0 bridgehead atoms. The SMILES string of the molecule is O=C1NCCN(C(=O)c2n[nH]c(=O)[nH]2)CC1Cc1ccc(-c2ccccc2F)cc1. The second-order valence-corrected chi connectivity index (χ2v) is 7.15. The topological polar surface area (TPSA) is 111 Å². The highest BCUT2D eigenvalue weighted by Gasteiger charge is 2.29. The number of benzene rings is 2. The fraction of sp³-hybridized carbons (Fsp3) is 0.238. The minimum absolute atomic E-state index is 0.0812. The lowest BCUT2D eigenvalue weighted by atomic mass is 9.96. The van der Waals surface area contributed by atoms with Crippen molar-refractivity contribution in [3.63, 3.8) is 0 Å². The Bertz CT molecular complexity index is 1120. The van der Waals surface area contributed by atoms with Gasteiger partial charge in [0.25, 0.3) is 5.91 Å². The quantitative estimate of drug-likeness (QED) is 0.604. The van der Waals surface area contributed by atoms with Gasteiger partial charge in [-0.1, -0.05) is 42.5 Å². The zero-order valence-corrected chi connectivity index (χ0v) is 16.0. The summed E-state index contributed by atoms with van der Waals surface area (Å²) in [5.74, 6) is -1.41. The molecular weight excluding hydrogens is 389 g/mol. The first-order valence-corrected chi connectivity index (χ1v) is 9.57. The lowest BCUT2D eigenvalue weighted by Crippen LogP contribution is -2.38. The van der Waals surface area contributed by atoms with Gasteiger partial charge in [0.1, 0.15) is 5.82 Å². The van der Waals surface area contributed by atoms with E-state index in [0.29, 0.717) is 25.1 Å². The molecule has 4 rings (SSSR count). The Balaban J connectivity index is 1.49. The molecule has 1 atom stereocenters. The van der Waals surface area contributed by atoms with Crippen molar-refractivity contribution in [2.75, 3.05) is 19.6 Å². The van der Waals surface area contributed by atoms with E-state index in [1.807, 2.05) is 24.3 Å². The summed E-state index contributed by atoms with van der Waals surface area (Å²) in [5, 5.41) is 8.66. The number of rotatable bonds is 4. The first kappa shape index (κ1) is 19.6. The number of halogens is 1. The Kier molecular flexibility index (Phi) is 5.42. The normalized spacial score (nSPS) is 16.8. The standard InChI is InChI=1S/C21H20FN5O3/c22-17-4-2-1-3-16(17)14-7-5-13(6-8-14)11-15-12-27(10-9-23-19(15)28)20(29)18-24-21(30)26-25-18/h1-8,15H,9-12H2,(H,23,28)(H2,24,25,26,30). The molecule has 8 nitrogen and oxygen atoms in total. The molecule has 0 aliphatic carbocycles. The number of nitrogens with zero attached hydrogens (tertiary/aromatic N) is 2. The van der Waals surface area contributed by atoms with Crippen LogP contribution in [0.2, 0.25) is 0 Å². The molecule has 0 saturated carbocycles. The van der Waals surface area contributed by atoms with Gasteiger partial charge < -0.3 is 10.2 Å². The molecule has 1 aliphatic rings. The first-order valence-electron chi connectivity index (χ1n) is 9.57. The van der Waals surface area contributed by atoms with Crippen molar-refractivity contribution in [1.29, 1.82) is 0 Å². The van der Waals surface area contributed by atoms with E-state index in [1.165, 1.54) is 11.0 Å². The predicted molar refractivity (Wildman–Crippen MR) is 107 cm³/mol. The van der Waals surface area contributed by atoms with Crippen molar-refractivity contribution in [3.8, 4) is 11.1 Å². The van der Waals surface area contributed by atoms with Crippen molar-refractivity contribution in [2.24, 2.45) is 5.92 Å². The largest absolute Gasteiger partial charge is 0.354 e. The number of carbonyl (C=O) groups is 2. The summed E-state index contributed by atoms with van der Waals surface area (Å²) in [7, 11) is 0. The number of hydrogen-bond donors (Lipinski definition) is 3. The van der Waals surface area contributed by atoms with Crippen molar-refractivity contribution in [3.05, 3.63) is 76.2 Å². The molecule has 2 aromatic carbocycles. The smallest absolute Gasteiger partial charge is 0.341 e. The zero-order valence-electron chi connectivity index (χ0n) is 16.0. The molecule has 9 heteroatoms. The summed E-state index contributed by atoms with van der Waals surface area (Å²) >= 11 is 0. The van der Waals surface area contributed by atoms with Crippen LogP contribution in [0.1, 0.15) is 16.2 Å². The molecule has 3 N–H and O–H groups in total. The second-order valence-electron chi connectivity index (χ2n) is 7.15. The number of aromatic nitrogens is 3. The number of aromatic amines is 2. The maximum atomic E-state index is 14.0. The Labute approximate surface area is 171 Å². The number of carbonyl (C=O) groups excluding carboxylic acids is 2. The van der Waals surface area contributed by atoms with E-state index >= 15 is 0 Å². The zero-order chi connectivity index (χ0) is 21.1. The van der Waals surface area contributed by atoms with Gasteiger partial charge in [-0.05, 0) is 23.6 Å². The maximum Gasteiger partial charge on any atom is 0.341 e. The molecule has 0 radical (unpaired) electrons. The average molecular weight is 409 g/mol. The van der Waals surface area contributed by atoms with E-state index in [2.05, 4.69) is 20.5 Å². The van der Waals surface area contributed by atoms with Gasteiger partial charge >= 0.3 is 5.69 Å². The third-order valence-corrected chi connectivity index (χ3v) is 5.10. The monoisotopic (exact) mass is 409 g/mol. The molecule has 1 unspecified atom stereocenters. The van der Waals surface area contributed by atoms with Crippen LogP contribution < -0.4 is 11.0 Å². The highest BCUT2D eigenvalue weighted by molar-refractivity contribution is 5.91. The summed E-state index contributed by atoms with van der Waals surface area (Å²) in [6.45, 7) is 0.846. The van der Waals surface area contributed by atoms with E-state index in [0.717, 1.165) is 11.1 Å². The summed E-state index contributed by atoms with van der Waals surface area (Å²) in [4.78, 5) is 40.2. The van der Waals surface area contributed by atoms with Crippen LogP contribution in [0.4, 0.5) is 4.39 Å². The third kappa shape index (κ3) is 4.14. The Morgan fingerprint density at radius 2 is 1.90 bits per heavy atom. The van der Waals surface area contributed by atoms with Gasteiger partial charge in [0.2, 0.25) is 11.7 Å². The van der Waals surface area contributed by atoms with Crippen molar-refractivity contribution < 1.29 is 14.0 Å². The van der Waals surface area contributed by atoms with Crippen LogP contribution >= 0.6 is 0 Å². The minimum atomic E-state index is -0.561. The van der Waals surface area contributed by atoms with E-state index in [-0.39, 0.29) is 24.1 Å². The summed E-state index contributed by atoms with van der Waals surface area (Å²) in [6, 6.07) is 13.9. The molecule has 2 heterocycles.